The molecule has 1 amide bonds. The number of hydrogen-bond acceptors (Lipinski definition) is 5. The van der Waals surface area contributed by atoms with Crippen molar-refractivity contribution in [2.45, 2.75) is 13.0 Å². The minimum atomic E-state index is -0.394. The zero-order valence-corrected chi connectivity index (χ0v) is 11.4. The van der Waals surface area contributed by atoms with Gasteiger partial charge in [-0.3, -0.25) is 10.2 Å². The lowest BCUT2D eigenvalue weighted by atomic mass is 10.2. The molecule has 2 heterocycles. The van der Waals surface area contributed by atoms with Crippen LogP contribution >= 0.6 is 11.3 Å². The summed E-state index contributed by atoms with van der Waals surface area (Å²) in [7, 11) is 0. The average molecular weight is 292 g/mol. The maximum Gasteiger partial charge on any atom is 0.294 e. The average Bonchev–Trinajstić information content (AvgIpc) is 3.06. The Balaban J connectivity index is 1.79. The number of nitrogen functional groups attached to an aromatic ring is 1. The van der Waals surface area contributed by atoms with Crippen molar-refractivity contribution in [3.8, 4) is 0 Å². The molecule has 0 saturated heterocycles. The number of nitrogens with one attached hydrogen (secondary N) is 1. The first-order chi connectivity index (χ1) is 9.67. The monoisotopic (exact) mass is 292 g/mol. The molecule has 3 N–H and O–H groups in total. The van der Waals surface area contributed by atoms with Crippen molar-refractivity contribution >= 4 is 22.9 Å². The number of amides is 1. The van der Waals surface area contributed by atoms with Crippen LogP contribution in [-0.2, 0) is 13.0 Å². The van der Waals surface area contributed by atoms with E-state index in [9.17, 15) is 9.18 Å². The Morgan fingerprint density at radius 2 is 2.40 bits per heavy atom. The quantitative estimate of drug-likeness (QED) is 0.510. The molecule has 0 aliphatic carbocycles. The highest BCUT2D eigenvalue weighted by Gasteiger charge is 2.21. The smallest absolute Gasteiger partial charge is 0.294 e. The van der Waals surface area contributed by atoms with Gasteiger partial charge in [-0.2, -0.15) is 0 Å². The number of rotatable bonds is 3. The molecule has 0 fully saturated rings. The molecule has 0 unspecified atom stereocenters. The molecule has 3 rings (SSSR count). The summed E-state index contributed by atoms with van der Waals surface area (Å²) in [4.78, 5) is 17.7. The normalized spacial score (nSPS) is 13.4. The number of nitrogens with two attached hydrogens (primary N) is 1. The zero-order chi connectivity index (χ0) is 14.1. The van der Waals surface area contributed by atoms with Crippen LogP contribution in [0.15, 0.2) is 23.6 Å². The molecular weight excluding hydrogens is 279 g/mol. The summed E-state index contributed by atoms with van der Waals surface area (Å²) in [6.07, 6.45) is 0.899. The lowest BCUT2D eigenvalue weighted by molar-refractivity contribution is 0.0953. The van der Waals surface area contributed by atoms with Gasteiger partial charge in [0.05, 0.1) is 12.2 Å². The van der Waals surface area contributed by atoms with E-state index in [-0.39, 0.29) is 5.82 Å². The highest BCUT2D eigenvalue weighted by Crippen LogP contribution is 2.30. The Kier molecular flexibility index (Phi) is 3.37. The van der Waals surface area contributed by atoms with E-state index in [0.717, 1.165) is 29.9 Å². The number of nitrogens with zero attached hydrogens (tertiary/aromatic N) is 2. The maximum atomic E-state index is 13.3. The number of anilines is 1. The Hall–Kier alpha value is -1.99. The number of fused-ring (bicyclic) bond motifs is 1. The fraction of sp³-hybridized carbons (Fsp3) is 0.231. The molecule has 5 nitrogen and oxygen atoms in total. The second kappa shape index (κ2) is 5.18. The number of hydrogen-bond donors (Lipinski definition) is 2. The van der Waals surface area contributed by atoms with E-state index in [1.165, 1.54) is 17.4 Å². The number of carbonyl (C=O) groups is 1. The molecule has 1 aliphatic rings. The third-order valence-electron chi connectivity index (χ3n) is 3.27. The predicted octanol–water partition coefficient (Wildman–Crippen LogP) is 1.45. The number of carbonyl (C=O) groups excluding carboxylic acids is 1. The summed E-state index contributed by atoms with van der Waals surface area (Å²) in [5.41, 5.74) is 4.89. The maximum absolute atomic E-state index is 13.3. The van der Waals surface area contributed by atoms with Crippen LogP contribution in [0.5, 0.6) is 0 Å². The molecule has 1 aliphatic heterocycles. The fourth-order valence-electron chi connectivity index (χ4n) is 2.32. The third-order valence-corrected chi connectivity index (χ3v) is 4.16. The van der Waals surface area contributed by atoms with E-state index >= 15 is 0 Å². The van der Waals surface area contributed by atoms with E-state index in [4.69, 9.17) is 5.84 Å². The molecule has 104 valence electrons. The summed E-state index contributed by atoms with van der Waals surface area (Å²) in [5, 5.41) is 2.16. The Morgan fingerprint density at radius 1 is 1.55 bits per heavy atom. The van der Waals surface area contributed by atoms with Gasteiger partial charge in [0.1, 0.15) is 5.82 Å². The summed E-state index contributed by atoms with van der Waals surface area (Å²) < 4.78 is 13.3. The molecule has 1 aromatic heterocycles. The van der Waals surface area contributed by atoms with E-state index in [1.807, 2.05) is 11.4 Å². The summed E-state index contributed by atoms with van der Waals surface area (Å²) in [5.74, 6) is 4.44. The van der Waals surface area contributed by atoms with Crippen molar-refractivity contribution in [1.29, 1.82) is 0 Å². The van der Waals surface area contributed by atoms with Crippen LogP contribution in [0.2, 0.25) is 0 Å². The van der Waals surface area contributed by atoms with Gasteiger partial charge >= 0.3 is 0 Å². The summed E-state index contributed by atoms with van der Waals surface area (Å²) >= 11 is 1.25. The number of benzene rings is 1. The Bertz CT molecular complexity index is 658. The molecule has 0 bridgehead atoms. The Labute approximate surface area is 119 Å². The summed E-state index contributed by atoms with van der Waals surface area (Å²) in [6.45, 7) is 1.39. The van der Waals surface area contributed by atoms with Crippen molar-refractivity contribution in [1.82, 2.24) is 10.4 Å². The van der Waals surface area contributed by atoms with Gasteiger partial charge in [0.25, 0.3) is 5.91 Å². The highest BCUT2D eigenvalue weighted by atomic mass is 32.1. The molecule has 7 heteroatoms. The number of thiazole rings is 1. The van der Waals surface area contributed by atoms with E-state index in [1.54, 1.807) is 6.07 Å². The molecular formula is C13H13FN4OS. The lowest BCUT2D eigenvalue weighted by Crippen LogP contribution is -2.30. The molecule has 2 aromatic rings. The van der Waals surface area contributed by atoms with Crippen LogP contribution in [0.25, 0.3) is 0 Å². The minimum Gasteiger partial charge on any atom is -0.365 e. The second-order valence-electron chi connectivity index (χ2n) is 4.56. The van der Waals surface area contributed by atoms with E-state index in [0.29, 0.717) is 11.6 Å². The molecule has 0 spiro atoms. The number of aromatic nitrogens is 1. The topological polar surface area (TPSA) is 71.2 Å². The van der Waals surface area contributed by atoms with Crippen LogP contribution in [0.4, 0.5) is 10.1 Å². The van der Waals surface area contributed by atoms with Gasteiger partial charge in [-0.25, -0.2) is 15.2 Å². The van der Waals surface area contributed by atoms with Crippen molar-refractivity contribution < 1.29 is 9.18 Å². The van der Waals surface area contributed by atoms with Gasteiger partial charge in [0.2, 0.25) is 0 Å². The van der Waals surface area contributed by atoms with Crippen molar-refractivity contribution in [3.63, 3.8) is 0 Å². The van der Waals surface area contributed by atoms with Gasteiger partial charge < -0.3 is 4.90 Å². The van der Waals surface area contributed by atoms with Crippen LogP contribution in [0.1, 0.15) is 21.1 Å². The highest BCUT2D eigenvalue weighted by molar-refractivity contribution is 7.11. The van der Waals surface area contributed by atoms with Crippen molar-refractivity contribution in [3.05, 3.63) is 45.7 Å². The molecule has 0 atom stereocenters. The number of halogens is 1. The molecule has 1 aromatic carbocycles. The van der Waals surface area contributed by atoms with Gasteiger partial charge in [0, 0.05) is 17.6 Å². The van der Waals surface area contributed by atoms with Gasteiger partial charge in [-0.1, -0.05) is 6.07 Å². The van der Waals surface area contributed by atoms with Crippen LogP contribution in [0, 0.1) is 5.82 Å². The first-order valence-corrected chi connectivity index (χ1v) is 7.04. The van der Waals surface area contributed by atoms with Crippen LogP contribution < -0.4 is 16.2 Å². The first kappa shape index (κ1) is 13.0. The minimum absolute atomic E-state index is 0.239. The van der Waals surface area contributed by atoms with Crippen LogP contribution in [0.3, 0.4) is 0 Å². The summed E-state index contributed by atoms with van der Waals surface area (Å²) in [6, 6.07) is 4.84. The first-order valence-electron chi connectivity index (χ1n) is 6.16. The molecule has 20 heavy (non-hydrogen) atoms. The van der Waals surface area contributed by atoms with Crippen molar-refractivity contribution in [2.75, 3.05) is 11.4 Å². The van der Waals surface area contributed by atoms with E-state index in [2.05, 4.69) is 15.3 Å². The largest absolute Gasteiger partial charge is 0.365 e. The predicted molar refractivity (Wildman–Crippen MR) is 74.9 cm³/mol. The fourth-order valence-corrected chi connectivity index (χ4v) is 3.03. The van der Waals surface area contributed by atoms with Crippen LogP contribution in [-0.4, -0.2) is 17.4 Å². The zero-order valence-electron chi connectivity index (χ0n) is 10.6. The molecule has 0 saturated carbocycles. The van der Waals surface area contributed by atoms with E-state index < -0.39 is 5.91 Å². The Morgan fingerprint density at radius 3 is 3.20 bits per heavy atom. The van der Waals surface area contributed by atoms with Gasteiger partial charge in [-0.15, -0.1) is 11.3 Å². The number of hydrazine groups is 1. The SMILES string of the molecule is NNC(=O)c1nc(CN2CCc3ccc(F)cc32)cs1. The second-order valence-corrected chi connectivity index (χ2v) is 5.42. The van der Waals surface area contributed by atoms with Crippen molar-refractivity contribution in [2.24, 2.45) is 5.84 Å². The van der Waals surface area contributed by atoms with Gasteiger partial charge in [-0.05, 0) is 24.1 Å². The lowest BCUT2D eigenvalue weighted by Gasteiger charge is -2.17. The molecule has 0 radical (unpaired) electrons. The third kappa shape index (κ3) is 2.37. The van der Waals surface area contributed by atoms with Gasteiger partial charge in [0.15, 0.2) is 5.01 Å². The standard InChI is InChI=1S/C13H13FN4OS/c14-9-2-1-8-3-4-18(11(8)5-9)6-10-7-20-13(16-10)12(19)17-15/h1-2,5,7H,3-4,6,15H2,(H,17,19).